The summed E-state index contributed by atoms with van der Waals surface area (Å²) in [6, 6.07) is 7.05. The Hall–Kier alpha value is -1.26. The van der Waals surface area contributed by atoms with Crippen molar-refractivity contribution in [2.24, 2.45) is 0 Å². The number of aliphatic hydroxyl groups is 1. The van der Waals surface area contributed by atoms with E-state index in [1.807, 2.05) is 13.8 Å². The molecule has 0 spiro atoms. The van der Waals surface area contributed by atoms with Crippen molar-refractivity contribution in [3.63, 3.8) is 0 Å². The first-order chi connectivity index (χ1) is 7.58. The molecule has 0 heterocycles. The average molecular weight is 225 g/mol. The van der Waals surface area contributed by atoms with Gasteiger partial charge < -0.3 is 20.3 Å². The largest absolute Gasteiger partial charge is 0.491 e. The van der Waals surface area contributed by atoms with E-state index in [1.54, 1.807) is 24.3 Å². The topological polar surface area (TPSA) is 64.7 Å². The van der Waals surface area contributed by atoms with Crippen LogP contribution in [0.2, 0.25) is 0 Å². The maximum Gasteiger partial charge on any atom is 0.119 e. The number of ether oxygens (including phenoxy) is 2. The highest BCUT2D eigenvalue weighted by Gasteiger charge is 2.06. The highest BCUT2D eigenvalue weighted by atomic mass is 16.5. The third-order valence-corrected chi connectivity index (χ3v) is 1.94. The van der Waals surface area contributed by atoms with Crippen molar-refractivity contribution in [1.29, 1.82) is 0 Å². The number of aliphatic hydroxyl groups excluding tert-OH is 1. The van der Waals surface area contributed by atoms with Gasteiger partial charge in [0.05, 0.1) is 12.7 Å². The predicted octanol–water partition coefficient (Wildman–Crippen LogP) is 1.43. The van der Waals surface area contributed by atoms with Crippen LogP contribution in [0.25, 0.3) is 0 Å². The molecule has 0 fully saturated rings. The van der Waals surface area contributed by atoms with Crippen LogP contribution in [-0.4, -0.2) is 30.5 Å². The number of rotatable bonds is 6. The van der Waals surface area contributed by atoms with Gasteiger partial charge in [-0.3, -0.25) is 0 Å². The second-order valence-corrected chi connectivity index (χ2v) is 3.92. The van der Waals surface area contributed by atoms with E-state index in [0.29, 0.717) is 11.4 Å². The lowest BCUT2D eigenvalue weighted by molar-refractivity contribution is -0.0122. The van der Waals surface area contributed by atoms with E-state index in [4.69, 9.17) is 15.2 Å². The van der Waals surface area contributed by atoms with Crippen molar-refractivity contribution in [2.45, 2.75) is 26.1 Å². The predicted molar refractivity (Wildman–Crippen MR) is 63.4 cm³/mol. The second-order valence-electron chi connectivity index (χ2n) is 3.92. The first kappa shape index (κ1) is 12.8. The molecule has 0 bridgehead atoms. The first-order valence-electron chi connectivity index (χ1n) is 5.36. The van der Waals surface area contributed by atoms with E-state index in [9.17, 15) is 5.11 Å². The van der Waals surface area contributed by atoms with Crippen LogP contribution in [0.15, 0.2) is 24.3 Å². The van der Waals surface area contributed by atoms with Crippen LogP contribution in [0.4, 0.5) is 5.69 Å². The summed E-state index contributed by atoms with van der Waals surface area (Å²) in [4.78, 5) is 0. The van der Waals surface area contributed by atoms with Gasteiger partial charge in [0.15, 0.2) is 0 Å². The molecule has 4 heteroatoms. The minimum atomic E-state index is -0.611. The van der Waals surface area contributed by atoms with Gasteiger partial charge in [0.1, 0.15) is 18.5 Å². The van der Waals surface area contributed by atoms with E-state index in [-0.39, 0.29) is 19.3 Å². The van der Waals surface area contributed by atoms with Crippen LogP contribution in [0.3, 0.4) is 0 Å². The summed E-state index contributed by atoms with van der Waals surface area (Å²) >= 11 is 0. The van der Waals surface area contributed by atoms with E-state index < -0.39 is 6.10 Å². The number of benzene rings is 1. The molecule has 1 aromatic rings. The lowest BCUT2D eigenvalue weighted by Crippen LogP contribution is -2.25. The van der Waals surface area contributed by atoms with Gasteiger partial charge in [-0.15, -0.1) is 0 Å². The standard InChI is InChI=1S/C12H19NO3/c1-9(2)15-7-11(14)8-16-12-5-3-10(13)4-6-12/h3-6,9,11,14H,7-8,13H2,1-2H3. The maximum atomic E-state index is 9.54. The van der Waals surface area contributed by atoms with Crippen molar-refractivity contribution in [3.8, 4) is 5.75 Å². The van der Waals surface area contributed by atoms with E-state index >= 15 is 0 Å². The van der Waals surface area contributed by atoms with Gasteiger partial charge in [-0.1, -0.05) is 0 Å². The van der Waals surface area contributed by atoms with Gasteiger partial charge in [-0.2, -0.15) is 0 Å². The molecular weight excluding hydrogens is 206 g/mol. The van der Waals surface area contributed by atoms with E-state index in [0.717, 1.165) is 0 Å². The summed E-state index contributed by atoms with van der Waals surface area (Å²) < 4.78 is 10.6. The molecule has 0 aromatic heterocycles. The monoisotopic (exact) mass is 225 g/mol. The minimum absolute atomic E-state index is 0.117. The Morgan fingerprint density at radius 2 is 1.81 bits per heavy atom. The molecule has 1 aromatic carbocycles. The summed E-state index contributed by atoms with van der Waals surface area (Å²) in [6.45, 7) is 4.35. The molecule has 0 aliphatic heterocycles. The van der Waals surface area contributed by atoms with Crippen LogP contribution in [0.5, 0.6) is 5.75 Å². The van der Waals surface area contributed by atoms with Gasteiger partial charge in [-0.05, 0) is 38.1 Å². The Balaban J connectivity index is 2.26. The summed E-state index contributed by atoms with van der Waals surface area (Å²) in [5.74, 6) is 0.692. The summed E-state index contributed by atoms with van der Waals surface area (Å²) in [7, 11) is 0. The first-order valence-corrected chi connectivity index (χ1v) is 5.36. The Morgan fingerprint density at radius 1 is 1.19 bits per heavy atom. The third-order valence-electron chi connectivity index (χ3n) is 1.94. The molecule has 0 saturated carbocycles. The Morgan fingerprint density at radius 3 is 2.38 bits per heavy atom. The van der Waals surface area contributed by atoms with Crippen molar-refractivity contribution < 1.29 is 14.6 Å². The normalized spacial score (nSPS) is 12.8. The molecule has 3 N–H and O–H groups in total. The molecule has 4 nitrogen and oxygen atoms in total. The van der Waals surface area contributed by atoms with Crippen LogP contribution < -0.4 is 10.5 Å². The number of hydrogen-bond acceptors (Lipinski definition) is 4. The molecule has 1 unspecified atom stereocenters. The van der Waals surface area contributed by atoms with Gasteiger partial charge in [0.25, 0.3) is 0 Å². The van der Waals surface area contributed by atoms with Crippen LogP contribution >= 0.6 is 0 Å². The summed E-state index contributed by atoms with van der Waals surface area (Å²) in [5, 5.41) is 9.54. The van der Waals surface area contributed by atoms with Gasteiger partial charge >= 0.3 is 0 Å². The molecule has 0 radical (unpaired) electrons. The quantitative estimate of drug-likeness (QED) is 0.719. The summed E-state index contributed by atoms with van der Waals surface area (Å²) in [6.07, 6.45) is -0.494. The van der Waals surface area contributed by atoms with Gasteiger partial charge in [-0.25, -0.2) is 0 Å². The fraction of sp³-hybridized carbons (Fsp3) is 0.500. The number of nitrogens with two attached hydrogens (primary N) is 1. The molecule has 90 valence electrons. The molecule has 0 aliphatic carbocycles. The second kappa shape index (κ2) is 6.35. The zero-order valence-electron chi connectivity index (χ0n) is 9.72. The van der Waals surface area contributed by atoms with Gasteiger partial charge in [0, 0.05) is 5.69 Å². The van der Waals surface area contributed by atoms with Crippen molar-refractivity contribution >= 4 is 5.69 Å². The molecule has 1 rings (SSSR count). The highest BCUT2D eigenvalue weighted by Crippen LogP contribution is 2.13. The zero-order valence-corrected chi connectivity index (χ0v) is 9.72. The molecule has 0 saturated heterocycles. The van der Waals surface area contributed by atoms with Crippen LogP contribution in [0.1, 0.15) is 13.8 Å². The number of anilines is 1. The Bertz CT molecular complexity index is 298. The summed E-state index contributed by atoms with van der Waals surface area (Å²) in [5.41, 5.74) is 6.23. The molecule has 16 heavy (non-hydrogen) atoms. The van der Waals surface area contributed by atoms with Crippen molar-refractivity contribution in [3.05, 3.63) is 24.3 Å². The zero-order chi connectivity index (χ0) is 12.0. The maximum absolute atomic E-state index is 9.54. The van der Waals surface area contributed by atoms with E-state index in [1.165, 1.54) is 0 Å². The average Bonchev–Trinajstić information content (AvgIpc) is 2.25. The van der Waals surface area contributed by atoms with Crippen molar-refractivity contribution in [2.75, 3.05) is 18.9 Å². The van der Waals surface area contributed by atoms with Crippen LogP contribution in [-0.2, 0) is 4.74 Å². The fourth-order valence-corrected chi connectivity index (χ4v) is 1.11. The van der Waals surface area contributed by atoms with Crippen LogP contribution in [0, 0.1) is 0 Å². The number of nitrogen functional groups attached to an aromatic ring is 1. The molecule has 1 atom stereocenters. The molecular formula is C12H19NO3. The van der Waals surface area contributed by atoms with Crippen molar-refractivity contribution in [1.82, 2.24) is 0 Å². The highest BCUT2D eigenvalue weighted by molar-refractivity contribution is 5.41. The smallest absolute Gasteiger partial charge is 0.119 e. The third kappa shape index (κ3) is 5.00. The van der Waals surface area contributed by atoms with Gasteiger partial charge in [0.2, 0.25) is 0 Å². The Kier molecular flexibility index (Phi) is 5.08. The Labute approximate surface area is 96.0 Å². The lowest BCUT2D eigenvalue weighted by Gasteiger charge is -2.14. The fourth-order valence-electron chi connectivity index (χ4n) is 1.11. The molecule has 0 amide bonds. The lowest BCUT2D eigenvalue weighted by atomic mass is 10.3. The minimum Gasteiger partial charge on any atom is -0.491 e. The number of hydrogen-bond donors (Lipinski definition) is 2. The van der Waals surface area contributed by atoms with E-state index in [2.05, 4.69) is 0 Å². The SMILES string of the molecule is CC(C)OCC(O)COc1ccc(N)cc1. The molecule has 0 aliphatic rings.